The van der Waals surface area contributed by atoms with Crippen LogP contribution in [-0.4, -0.2) is 48.9 Å². The fourth-order valence-electron chi connectivity index (χ4n) is 2.55. The number of aromatic nitrogens is 1. The van der Waals surface area contributed by atoms with E-state index in [4.69, 9.17) is 14.2 Å². The molecule has 0 saturated carbocycles. The van der Waals surface area contributed by atoms with E-state index in [0.29, 0.717) is 19.8 Å². The molecule has 2 rings (SSSR count). The van der Waals surface area contributed by atoms with Crippen molar-refractivity contribution < 1.29 is 14.2 Å². The van der Waals surface area contributed by atoms with Gasteiger partial charge in [0.2, 0.25) is 0 Å². The first-order valence-corrected chi connectivity index (χ1v) is 7.94. The quantitative estimate of drug-likeness (QED) is 0.491. The molecule has 1 aliphatic rings. The van der Waals surface area contributed by atoms with Crippen LogP contribution in [-0.2, 0) is 14.2 Å². The number of hydrogen-bond acceptors (Lipinski definition) is 5. The molecular formula is C17H26N2O3. The summed E-state index contributed by atoms with van der Waals surface area (Å²) < 4.78 is 16.8. The molecule has 22 heavy (non-hydrogen) atoms. The molecule has 2 unspecified atom stereocenters. The highest BCUT2D eigenvalue weighted by Crippen LogP contribution is 2.30. The van der Waals surface area contributed by atoms with E-state index in [2.05, 4.69) is 23.4 Å². The normalized spacial score (nSPS) is 21.9. The van der Waals surface area contributed by atoms with Gasteiger partial charge in [-0.25, -0.2) is 0 Å². The molecule has 0 N–H and O–H groups in total. The molecule has 1 aromatic rings. The van der Waals surface area contributed by atoms with Crippen LogP contribution in [0.15, 0.2) is 37.4 Å². The van der Waals surface area contributed by atoms with Crippen LogP contribution in [0.5, 0.6) is 0 Å². The van der Waals surface area contributed by atoms with E-state index in [1.807, 2.05) is 24.5 Å². The molecule has 1 saturated heterocycles. The third-order valence-corrected chi connectivity index (χ3v) is 3.65. The SMILES string of the molecule is C=COCCOCC1CN(CCCC)C(c2ccncc2)O1. The molecule has 5 nitrogen and oxygen atoms in total. The van der Waals surface area contributed by atoms with Crippen molar-refractivity contribution in [1.29, 1.82) is 0 Å². The average Bonchev–Trinajstić information content (AvgIpc) is 2.96. The van der Waals surface area contributed by atoms with Crippen molar-refractivity contribution in [2.45, 2.75) is 32.1 Å². The van der Waals surface area contributed by atoms with Gasteiger partial charge in [-0.05, 0) is 24.1 Å². The topological polar surface area (TPSA) is 43.8 Å². The lowest BCUT2D eigenvalue weighted by Crippen LogP contribution is -2.27. The highest BCUT2D eigenvalue weighted by atomic mass is 16.6. The molecule has 1 aromatic heterocycles. The summed E-state index contributed by atoms with van der Waals surface area (Å²) in [7, 11) is 0. The summed E-state index contributed by atoms with van der Waals surface area (Å²) in [6, 6.07) is 4.04. The van der Waals surface area contributed by atoms with E-state index in [-0.39, 0.29) is 12.3 Å². The molecule has 0 amide bonds. The number of nitrogens with zero attached hydrogens (tertiary/aromatic N) is 2. The predicted molar refractivity (Wildman–Crippen MR) is 85.3 cm³/mol. The molecule has 0 spiro atoms. The lowest BCUT2D eigenvalue weighted by atomic mass is 10.2. The van der Waals surface area contributed by atoms with Crippen molar-refractivity contribution in [2.75, 3.05) is 32.9 Å². The highest BCUT2D eigenvalue weighted by molar-refractivity contribution is 5.14. The van der Waals surface area contributed by atoms with Crippen molar-refractivity contribution in [2.24, 2.45) is 0 Å². The average molecular weight is 306 g/mol. The van der Waals surface area contributed by atoms with Gasteiger partial charge in [-0.1, -0.05) is 19.9 Å². The molecule has 2 heterocycles. The minimum atomic E-state index is 0.00701. The van der Waals surface area contributed by atoms with Crippen LogP contribution < -0.4 is 0 Å². The summed E-state index contributed by atoms with van der Waals surface area (Å²) in [4.78, 5) is 6.46. The number of rotatable bonds is 10. The van der Waals surface area contributed by atoms with Crippen molar-refractivity contribution in [1.82, 2.24) is 9.88 Å². The maximum Gasteiger partial charge on any atom is 0.137 e. The molecule has 1 fully saturated rings. The Morgan fingerprint density at radius 2 is 2.23 bits per heavy atom. The Morgan fingerprint density at radius 1 is 1.41 bits per heavy atom. The van der Waals surface area contributed by atoms with Crippen molar-refractivity contribution >= 4 is 0 Å². The summed E-state index contributed by atoms with van der Waals surface area (Å²) in [6.07, 6.45) is 7.51. The number of ether oxygens (including phenoxy) is 3. The Hall–Kier alpha value is -1.43. The van der Waals surface area contributed by atoms with Crippen LogP contribution >= 0.6 is 0 Å². The van der Waals surface area contributed by atoms with Gasteiger partial charge >= 0.3 is 0 Å². The fourth-order valence-corrected chi connectivity index (χ4v) is 2.55. The van der Waals surface area contributed by atoms with Gasteiger partial charge in [-0.15, -0.1) is 0 Å². The third kappa shape index (κ3) is 5.09. The summed E-state index contributed by atoms with van der Waals surface area (Å²) in [5.41, 5.74) is 1.16. The van der Waals surface area contributed by atoms with Gasteiger partial charge in [0, 0.05) is 25.5 Å². The number of pyridine rings is 1. The largest absolute Gasteiger partial charge is 0.499 e. The van der Waals surface area contributed by atoms with E-state index in [9.17, 15) is 0 Å². The van der Waals surface area contributed by atoms with Gasteiger partial charge < -0.3 is 14.2 Å². The maximum atomic E-state index is 6.18. The van der Waals surface area contributed by atoms with Gasteiger partial charge in [-0.2, -0.15) is 0 Å². The maximum absolute atomic E-state index is 6.18. The fraction of sp³-hybridized carbons (Fsp3) is 0.588. The van der Waals surface area contributed by atoms with Crippen molar-refractivity contribution in [3.63, 3.8) is 0 Å². The first-order valence-electron chi connectivity index (χ1n) is 7.94. The first kappa shape index (κ1) is 16.9. The Morgan fingerprint density at radius 3 is 2.95 bits per heavy atom. The molecule has 0 bridgehead atoms. The van der Waals surface area contributed by atoms with Gasteiger partial charge in [0.1, 0.15) is 12.8 Å². The van der Waals surface area contributed by atoms with Gasteiger partial charge in [0.15, 0.2) is 0 Å². The molecule has 2 atom stereocenters. The molecule has 122 valence electrons. The molecule has 0 aliphatic carbocycles. The van der Waals surface area contributed by atoms with Crippen LogP contribution in [0.1, 0.15) is 31.6 Å². The summed E-state index contributed by atoms with van der Waals surface area (Å²) >= 11 is 0. The second-order valence-corrected chi connectivity index (χ2v) is 5.35. The Bertz CT molecular complexity index is 427. The zero-order valence-electron chi connectivity index (χ0n) is 13.3. The van der Waals surface area contributed by atoms with Crippen LogP contribution in [0.2, 0.25) is 0 Å². The van der Waals surface area contributed by atoms with Crippen LogP contribution in [0.25, 0.3) is 0 Å². The second-order valence-electron chi connectivity index (χ2n) is 5.35. The summed E-state index contributed by atoms with van der Waals surface area (Å²) in [5.74, 6) is 0. The van der Waals surface area contributed by atoms with Crippen LogP contribution in [0, 0.1) is 0 Å². The number of hydrogen-bond donors (Lipinski definition) is 0. The second kappa shape index (κ2) is 9.56. The summed E-state index contributed by atoms with van der Waals surface area (Å²) in [6.45, 7) is 9.33. The zero-order valence-corrected chi connectivity index (χ0v) is 13.3. The minimum absolute atomic E-state index is 0.00701. The molecular weight excluding hydrogens is 280 g/mol. The van der Waals surface area contributed by atoms with Crippen molar-refractivity contribution in [3.05, 3.63) is 42.9 Å². The van der Waals surface area contributed by atoms with E-state index in [1.165, 1.54) is 19.1 Å². The Kier molecular flexibility index (Phi) is 7.36. The van der Waals surface area contributed by atoms with E-state index in [1.54, 1.807) is 0 Å². The summed E-state index contributed by atoms with van der Waals surface area (Å²) in [5, 5.41) is 0. The Balaban J connectivity index is 1.86. The third-order valence-electron chi connectivity index (χ3n) is 3.65. The Labute approximate surface area is 132 Å². The van der Waals surface area contributed by atoms with Gasteiger partial charge in [0.25, 0.3) is 0 Å². The van der Waals surface area contributed by atoms with E-state index < -0.39 is 0 Å². The van der Waals surface area contributed by atoms with E-state index >= 15 is 0 Å². The monoisotopic (exact) mass is 306 g/mol. The molecule has 5 heteroatoms. The van der Waals surface area contributed by atoms with Crippen LogP contribution in [0.3, 0.4) is 0 Å². The lowest BCUT2D eigenvalue weighted by molar-refractivity contribution is -0.0398. The smallest absolute Gasteiger partial charge is 0.137 e. The van der Waals surface area contributed by atoms with E-state index in [0.717, 1.165) is 18.7 Å². The molecule has 1 aliphatic heterocycles. The highest BCUT2D eigenvalue weighted by Gasteiger charge is 2.33. The van der Waals surface area contributed by atoms with Gasteiger partial charge in [0.05, 0.1) is 25.6 Å². The standard InChI is InChI=1S/C17H26N2O3/c1-3-5-10-19-13-16(14-21-12-11-20-4-2)22-17(19)15-6-8-18-9-7-15/h4,6-9,16-17H,2-3,5,10-14H2,1H3. The minimum Gasteiger partial charge on any atom is -0.499 e. The van der Waals surface area contributed by atoms with Crippen molar-refractivity contribution in [3.8, 4) is 0 Å². The zero-order chi connectivity index (χ0) is 15.6. The molecule has 0 radical (unpaired) electrons. The van der Waals surface area contributed by atoms with Gasteiger partial charge in [-0.3, -0.25) is 9.88 Å². The molecule has 0 aromatic carbocycles. The van der Waals surface area contributed by atoms with Crippen LogP contribution in [0.4, 0.5) is 0 Å². The predicted octanol–water partition coefficient (Wildman–Crippen LogP) is 2.76. The lowest BCUT2D eigenvalue weighted by Gasteiger charge is -2.22. The number of unbranched alkanes of at least 4 members (excludes halogenated alkanes) is 1. The first-order chi connectivity index (χ1) is 10.8.